The molecule has 23 heavy (non-hydrogen) atoms. The average molecular weight is 330 g/mol. The summed E-state index contributed by atoms with van der Waals surface area (Å²) in [4.78, 5) is 0.871. The Bertz CT molecular complexity index is 705. The first-order valence-corrected chi connectivity index (χ1v) is 8.90. The molecular formula is C18H22N2O2S. The van der Waals surface area contributed by atoms with Crippen molar-refractivity contribution in [2.24, 2.45) is 0 Å². The molecule has 0 spiro atoms. The van der Waals surface area contributed by atoms with Crippen LogP contribution in [0.3, 0.4) is 0 Å². The molecule has 0 saturated carbocycles. The SMILES string of the molecule is COCCCNC1c2ccccc2N(C)S(=O)c2ccccc21. The van der Waals surface area contributed by atoms with Crippen LogP contribution in [0.4, 0.5) is 5.69 Å². The summed E-state index contributed by atoms with van der Waals surface area (Å²) in [5.41, 5.74) is 3.25. The summed E-state index contributed by atoms with van der Waals surface area (Å²) in [5, 5.41) is 3.61. The van der Waals surface area contributed by atoms with Crippen molar-refractivity contribution in [2.45, 2.75) is 17.4 Å². The Labute approximate surface area is 140 Å². The molecule has 0 fully saturated rings. The van der Waals surface area contributed by atoms with E-state index in [1.165, 1.54) is 0 Å². The Morgan fingerprint density at radius 3 is 2.61 bits per heavy atom. The molecule has 3 rings (SSSR count). The third-order valence-electron chi connectivity index (χ3n) is 4.13. The largest absolute Gasteiger partial charge is 0.385 e. The maximum absolute atomic E-state index is 12.9. The molecule has 0 aromatic heterocycles. The highest BCUT2D eigenvalue weighted by Gasteiger charge is 2.29. The Hall–Kier alpha value is -1.69. The third kappa shape index (κ3) is 3.17. The van der Waals surface area contributed by atoms with Gasteiger partial charge in [-0.1, -0.05) is 36.4 Å². The minimum atomic E-state index is -1.20. The molecule has 0 saturated heterocycles. The van der Waals surface area contributed by atoms with Gasteiger partial charge < -0.3 is 10.1 Å². The van der Waals surface area contributed by atoms with Crippen LogP contribution in [0.5, 0.6) is 0 Å². The predicted molar refractivity (Wildman–Crippen MR) is 94.0 cm³/mol. The van der Waals surface area contributed by atoms with Gasteiger partial charge in [0.1, 0.15) is 0 Å². The lowest BCUT2D eigenvalue weighted by atomic mass is 9.97. The highest BCUT2D eigenvalue weighted by molar-refractivity contribution is 7.86. The normalized spacial score (nSPS) is 19.8. The number of rotatable bonds is 5. The summed E-state index contributed by atoms with van der Waals surface area (Å²) < 4.78 is 19.9. The summed E-state index contributed by atoms with van der Waals surface area (Å²) in [6.07, 6.45) is 0.941. The zero-order valence-corrected chi connectivity index (χ0v) is 14.3. The Kier molecular flexibility index (Phi) is 5.10. The van der Waals surface area contributed by atoms with E-state index in [0.717, 1.165) is 41.3 Å². The van der Waals surface area contributed by atoms with Gasteiger partial charge in [-0.15, -0.1) is 0 Å². The van der Waals surface area contributed by atoms with Crippen molar-refractivity contribution in [2.75, 3.05) is 31.6 Å². The molecule has 2 atom stereocenters. The molecular weight excluding hydrogens is 308 g/mol. The van der Waals surface area contributed by atoms with Gasteiger partial charge in [0, 0.05) is 20.8 Å². The van der Waals surface area contributed by atoms with E-state index >= 15 is 0 Å². The number of nitrogens with one attached hydrogen (secondary N) is 1. The van der Waals surface area contributed by atoms with Crippen LogP contribution < -0.4 is 9.62 Å². The number of hydrogen-bond acceptors (Lipinski definition) is 3. The monoisotopic (exact) mass is 330 g/mol. The lowest BCUT2D eigenvalue weighted by molar-refractivity contribution is 0.193. The predicted octanol–water partition coefficient (Wildman–Crippen LogP) is 2.87. The van der Waals surface area contributed by atoms with Gasteiger partial charge in [-0.05, 0) is 36.2 Å². The first kappa shape index (κ1) is 16.2. The molecule has 1 N–H and O–H groups in total. The van der Waals surface area contributed by atoms with Crippen molar-refractivity contribution in [1.29, 1.82) is 0 Å². The second-order valence-corrected chi connectivity index (χ2v) is 7.06. The fourth-order valence-corrected chi connectivity index (χ4v) is 4.21. The van der Waals surface area contributed by atoms with Crippen LogP contribution >= 0.6 is 0 Å². The lowest BCUT2D eigenvalue weighted by Gasteiger charge is -2.22. The lowest BCUT2D eigenvalue weighted by Crippen LogP contribution is -2.25. The fourth-order valence-electron chi connectivity index (χ4n) is 2.98. The number of anilines is 1. The van der Waals surface area contributed by atoms with Crippen LogP contribution in [0, 0.1) is 0 Å². The fraction of sp³-hybridized carbons (Fsp3) is 0.333. The number of methoxy groups -OCH3 is 1. The first-order chi connectivity index (χ1) is 11.2. The molecule has 4 nitrogen and oxygen atoms in total. The van der Waals surface area contributed by atoms with Crippen molar-refractivity contribution in [1.82, 2.24) is 5.32 Å². The number of ether oxygens (including phenoxy) is 1. The van der Waals surface area contributed by atoms with E-state index in [0.29, 0.717) is 0 Å². The third-order valence-corrected chi connectivity index (χ3v) is 5.57. The summed E-state index contributed by atoms with van der Waals surface area (Å²) in [6.45, 7) is 1.58. The van der Waals surface area contributed by atoms with Crippen LogP contribution in [-0.4, -0.2) is 31.5 Å². The Balaban J connectivity index is 2.04. The van der Waals surface area contributed by atoms with E-state index in [1.807, 2.05) is 47.8 Å². The standard InChI is InChI=1S/C18H22N2O2S/c1-20-16-10-5-3-8-14(16)18(19-12-7-13-22-2)15-9-4-6-11-17(15)23(20)21/h3-6,8-11,18-19H,7,12-13H2,1-2H3. The van der Waals surface area contributed by atoms with Gasteiger partial charge in [0.25, 0.3) is 0 Å². The molecule has 2 aromatic rings. The van der Waals surface area contributed by atoms with Gasteiger partial charge in [0.15, 0.2) is 11.0 Å². The van der Waals surface area contributed by atoms with Gasteiger partial charge in [-0.3, -0.25) is 4.31 Å². The van der Waals surface area contributed by atoms with Crippen molar-refractivity contribution < 1.29 is 8.95 Å². The number of nitrogens with zero attached hydrogens (tertiary/aromatic N) is 1. The van der Waals surface area contributed by atoms with E-state index in [2.05, 4.69) is 17.4 Å². The molecule has 1 aliphatic heterocycles. The topological polar surface area (TPSA) is 41.6 Å². The van der Waals surface area contributed by atoms with Crippen LogP contribution in [0.15, 0.2) is 53.4 Å². The molecule has 1 heterocycles. The molecule has 122 valence electrons. The minimum absolute atomic E-state index is 0.0353. The van der Waals surface area contributed by atoms with E-state index in [9.17, 15) is 4.21 Å². The molecule has 0 amide bonds. The Morgan fingerprint density at radius 1 is 1.13 bits per heavy atom. The number of para-hydroxylation sites is 1. The molecule has 0 aliphatic carbocycles. The minimum Gasteiger partial charge on any atom is -0.385 e. The van der Waals surface area contributed by atoms with Crippen molar-refractivity contribution >= 4 is 16.7 Å². The van der Waals surface area contributed by atoms with Crippen LogP contribution in [-0.2, 0) is 15.7 Å². The van der Waals surface area contributed by atoms with Crippen molar-refractivity contribution in [3.8, 4) is 0 Å². The molecule has 2 unspecified atom stereocenters. The second kappa shape index (κ2) is 7.25. The smallest absolute Gasteiger partial charge is 0.153 e. The van der Waals surface area contributed by atoms with E-state index in [1.54, 1.807) is 7.11 Å². The zero-order valence-electron chi connectivity index (χ0n) is 13.5. The van der Waals surface area contributed by atoms with Gasteiger partial charge >= 0.3 is 0 Å². The highest BCUT2D eigenvalue weighted by atomic mass is 32.2. The van der Waals surface area contributed by atoms with Crippen LogP contribution in [0.25, 0.3) is 0 Å². The van der Waals surface area contributed by atoms with Gasteiger partial charge in [-0.2, -0.15) is 0 Å². The summed E-state index contributed by atoms with van der Waals surface area (Å²) in [5.74, 6) is 0. The van der Waals surface area contributed by atoms with Gasteiger partial charge in [0.2, 0.25) is 0 Å². The highest BCUT2D eigenvalue weighted by Crippen LogP contribution is 2.38. The zero-order chi connectivity index (χ0) is 16.2. The van der Waals surface area contributed by atoms with Gasteiger partial charge in [0.05, 0.1) is 16.6 Å². The molecule has 0 bridgehead atoms. The quantitative estimate of drug-likeness (QED) is 0.857. The number of benzene rings is 2. The van der Waals surface area contributed by atoms with E-state index in [-0.39, 0.29) is 6.04 Å². The van der Waals surface area contributed by atoms with E-state index < -0.39 is 11.0 Å². The number of fused-ring (bicyclic) bond motifs is 2. The van der Waals surface area contributed by atoms with Crippen molar-refractivity contribution in [3.63, 3.8) is 0 Å². The Morgan fingerprint density at radius 2 is 1.83 bits per heavy atom. The van der Waals surface area contributed by atoms with Gasteiger partial charge in [-0.25, -0.2) is 4.21 Å². The molecule has 0 radical (unpaired) electrons. The first-order valence-electron chi connectivity index (χ1n) is 7.80. The molecule has 5 heteroatoms. The summed E-state index contributed by atoms with van der Waals surface area (Å²) in [6, 6.07) is 16.2. The van der Waals surface area contributed by atoms with Crippen molar-refractivity contribution in [3.05, 3.63) is 59.7 Å². The van der Waals surface area contributed by atoms with E-state index in [4.69, 9.17) is 4.74 Å². The summed E-state index contributed by atoms with van der Waals surface area (Å²) in [7, 11) is 2.40. The summed E-state index contributed by atoms with van der Waals surface area (Å²) >= 11 is 0. The average Bonchev–Trinajstić information content (AvgIpc) is 2.68. The van der Waals surface area contributed by atoms with Crippen LogP contribution in [0.1, 0.15) is 23.6 Å². The molecule has 2 aromatic carbocycles. The second-order valence-electron chi connectivity index (χ2n) is 5.58. The number of hydrogen-bond donors (Lipinski definition) is 1. The molecule has 1 aliphatic rings. The maximum atomic E-state index is 12.9. The van der Waals surface area contributed by atoms with Crippen LogP contribution in [0.2, 0.25) is 0 Å². The maximum Gasteiger partial charge on any atom is 0.153 e.